The molecule has 3 heteroatoms. The fourth-order valence-corrected chi connectivity index (χ4v) is 3.30. The molecule has 0 saturated carbocycles. The highest BCUT2D eigenvalue weighted by Crippen LogP contribution is 2.29. The molecule has 1 aliphatic carbocycles. The molecule has 0 heterocycles. The first kappa shape index (κ1) is 20.4. The van der Waals surface area contributed by atoms with Gasteiger partial charge in [-0.3, -0.25) is 0 Å². The Kier molecular flexibility index (Phi) is 7.50. The van der Waals surface area contributed by atoms with Crippen LogP contribution in [0.15, 0.2) is 23.8 Å². The van der Waals surface area contributed by atoms with E-state index in [9.17, 15) is 15.3 Å². The topological polar surface area (TPSA) is 60.7 Å². The van der Waals surface area contributed by atoms with Crippen molar-refractivity contribution in [3.8, 4) is 0 Å². The minimum absolute atomic E-state index is 0.309. The molecule has 0 aromatic rings. The third kappa shape index (κ3) is 8.14. The number of aliphatic hydroxyl groups excluding tert-OH is 1. The van der Waals surface area contributed by atoms with E-state index in [1.54, 1.807) is 6.92 Å². The van der Waals surface area contributed by atoms with Crippen molar-refractivity contribution < 1.29 is 15.3 Å². The molecule has 0 radical (unpaired) electrons. The summed E-state index contributed by atoms with van der Waals surface area (Å²) in [5, 5.41) is 31.3. The van der Waals surface area contributed by atoms with Gasteiger partial charge < -0.3 is 15.3 Å². The average molecular weight is 325 g/mol. The first-order chi connectivity index (χ1) is 10.5. The van der Waals surface area contributed by atoms with Gasteiger partial charge in [0.15, 0.2) is 0 Å². The van der Waals surface area contributed by atoms with Crippen molar-refractivity contribution in [2.45, 2.75) is 90.4 Å². The van der Waals surface area contributed by atoms with E-state index >= 15 is 0 Å². The van der Waals surface area contributed by atoms with E-state index in [-0.39, 0.29) is 0 Å². The van der Waals surface area contributed by atoms with Crippen molar-refractivity contribution in [3.63, 3.8) is 0 Å². The van der Waals surface area contributed by atoms with E-state index in [1.807, 2.05) is 26.0 Å². The second-order valence-electron chi connectivity index (χ2n) is 8.30. The molecule has 0 aromatic carbocycles. The van der Waals surface area contributed by atoms with E-state index in [2.05, 4.69) is 19.9 Å². The largest absolute Gasteiger partial charge is 0.390 e. The van der Waals surface area contributed by atoms with Crippen molar-refractivity contribution in [1.82, 2.24) is 0 Å². The average Bonchev–Trinajstić information content (AvgIpc) is 2.35. The van der Waals surface area contributed by atoms with Gasteiger partial charge in [0, 0.05) is 6.42 Å². The number of aliphatic hydroxyl groups is 3. The highest BCUT2D eigenvalue weighted by molar-refractivity contribution is 5.08. The standard InChI is InChI=1S/C20H36O3/c1-15(2)17-8-11-19(4,22)10-6-7-16(3)13-18(21)14-20(5,23)12-9-17/h9,12-13,15,17-18,21-23H,6-8,10-11,14H2,1-5H3/b12-9+,16-13+/t17-,18+,19+,20-/m1/s1. The fourth-order valence-electron chi connectivity index (χ4n) is 3.30. The Morgan fingerprint density at radius 1 is 1.17 bits per heavy atom. The molecule has 0 saturated heterocycles. The van der Waals surface area contributed by atoms with Crippen LogP contribution < -0.4 is 0 Å². The van der Waals surface area contributed by atoms with Gasteiger partial charge in [-0.25, -0.2) is 0 Å². The lowest BCUT2D eigenvalue weighted by atomic mass is 9.83. The van der Waals surface area contributed by atoms with Gasteiger partial charge in [-0.2, -0.15) is 0 Å². The third-order valence-corrected chi connectivity index (χ3v) is 4.96. The highest BCUT2D eigenvalue weighted by Gasteiger charge is 2.25. The van der Waals surface area contributed by atoms with Crippen LogP contribution in [0.25, 0.3) is 0 Å². The van der Waals surface area contributed by atoms with Crippen molar-refractivity contribution in [3.05, 3.63) is 23.8 Å². The fraction of sp³-hybridized carbons (Fsp3) is 0.800. The Labute approximate surface area is 142 Å². The van der Waals surface area contributed by atoms with Gasteiger partial charge in [-0.05, 0) is 64.7 Å². The molecule has 4 atom stereocenters. The minimum atomic E-state index is -1.02. The van der Waals surface area contributed by atoms with Crippen LogP contribution >= 0.6 is 0 Å². The lowest BCUT2D eigenvalue weighted by Crippen LogP contribution is -2.28. The van der Waals surface area contributed by atoms with Crippen LogP contribution in [0.5, 0.6) is 0 Å². The van der Waals surface area contributed by atoms with Crippen LogP contribution in [-0.4, -0.2) is 32.6 Å². The van der Waals surface area contributed by atoms with Gasteiger partial charge in [-0.1, -0.05) is 37.6 Å². The van der Waals surface area contributed by atoms with Gasteiger partial charge in [-0.15, -0.1) is 0 Å². The van der Waals surface area contributed by atoms with Crippen LogP contribution in [0.2, 0.25) is 0 Å². The number of hydrogen-bond acceptors (Lipinski definition) is 3. The summed E-state index contributed by atoms with van der Waals surface area (Å²) in [4.78, 5) is 0. The minimum Gasteiger partial charge on any atom is -0.390 e. The summed E-state index contributed by atoms with van der Waals surface area (Å²) in [6.45, 7) is 10.0. The molecule has 23 heavy (non-hydrogen) atoms. The van der Waals surface area contributed by atoms with E-state index in [1.165, 1.54) is 0 Å². The van der Waals surface area contributed by atoms with E-state index < -0.39 is 17.3 Å². The normalized spacial score (nSPS) is 41.9. The zero-order valence-corrected chi connectivity index (χ0v) is 15.5. The van der Waals surface area contributed by atoms with Crippen molar-refractivity contribution in [2.75, 3.05) is 0 Å². The molecule has 0 bridgehead atoms. The summed E-state index contributed by atoms with van der Waals surface area (Å²) in [5.74, 6) is 0.781. The summed E-state index contributed by atoms with van der Waals surface area (Å²) in [5.41, 5.74) is -0.548. The highest BCUT2D eigenvalue weighted by atomic mass is 16.3. The monoisotopic (exact) mass is 324 g/mol. The van der Waals surface area contributed by atoms with Gasteiger partial charge in [0.25, 0.3) is 0 Å². The van der Waals surface area contributed by atoms with E-state index in [0.29, 0.717) is 18.3 Å². The van der Waals surface area contributed by atoms with Gasteiger partial charge in [0.05, 0.1) is 17.3 Å². The van der Waals surface area contributed by atoms with Gasteiger partial charge in [0.1, 0.15) is 0 Å². The third-order valence-electron chi connectivity index (χ3n) is 4.96. The Morgan fingerprint density at radius 3 is 2.43 bits per heavy atom. The molecular formula is C20H36O3. The Bertz CT molecular complexity index is 419. The molecule has 3 N–H and O–H groups in total. The second-order valence-corrected chi connectivity index (χ2v) is 8.30. The maximum atomic E-state index is 10.6. The van der Waals surface area contributed by atoms with Gasteiger partial charge in [0.2, 0.25) is 0 Å². The molecule has 0 aliphatic heterocycles. The number of hydrogen-bond donors (Lipinski definition) is 3. The summed E-state index contributed by atoms with van der Waals surface area (Å²) >= 11 is 0. The maximum absolute atomic E-state index is 10.6. The summed E-state index contributed by atoms with van der Waals surface area (Å²) < 4.78 is 0. The quantitative estimate of drug-likeness (QED) is 0.639. The zero-order chi connectivity index (χ0) is 17.7. The summed E-state index contributed by atoms with van der Waals surface area (Å²) in [6.07, 6.45) is 9.64. The SMILES string of the molecule is C/C1=C\[C@H](O)C[C@](C)(O)/C=C/[C@H](C(C)C)CC[C@@](C)(O)CCC1. The molecule has 134 valence electrons. The van der Waals surface area contributed by atoms with Crippen molar-refractivity contribution in [2.24, 2.45) is 11.8 Å². The maximum Gasteiger partial charge on any atom is 0.0827 e. The van der Waals surface area contributed by atoms with Crippen LogP contribution in [-0.2, 0) is 0 Å². The van der Waals surface area contributed by atoms with Crippen molar-refractivity contribution in [1.29, 1.82) is 0 Å². The lowest BCUT2D eigenvalue weighted by molar-refractivity contribution is 0.0331. The summed E-state index contributed by atoms with van der Waals surface area (Å²) in [6, 6.07) is 0. The number of rotatable bonds is 1. The van der Waals surface area contributed by atoms with E-state index in [4.69, 9.17) is 0 Å². The zero-order valence-electron chi connectivity index (χ0n) is 15.5. The van der Waals surface area contributed by atoms with Gasteiger partial charge >= 0.3 is 0 Å². The second kappa shape index (κ2) is 8.46. The number of allylic oxidation sites excluding steroid dienone is 2. The molecule has 0 spiro atoms. The van der Waals surface area contributed by atoms with Crippen molar-refractivity contribution >= 4 is 0 Å². The smallest absolute Gasteiger partial charge is 0.0827 e. The van der Waals surface area contributed by atoms with E-state index in [0.717, 1.165) is 37.7 Å². The Hall–Kier alpha value is -0.640. The molecule has 3 nitrogen and oxygen atoms in total. The molecule has 0 unspecified atom stereocenters. The molecule has 1 rings (SSSR count). The molecule has 0 amide bonds. The van der Waals surface area contributed by atoms with Crippen LogP contribution in [0.1, 0.15) is 73.1 Å². The molecule has 0 aromatic heterocycles. The molecule has 0 fully saturated rings. The van der Waals surface area contributed by atoms with Crippen LogP contribution in [0.4, 0.5) is 0 Å². The Morgan fingerprint density at radius 2 is 1.83 bits per heavy atom. The summed E-state index contributed by atoms with van der Waals surface area (Å²) in [7, 11) is 0. The van der Waals surface area contributed by atoms with Crippen LogP contribution in [0, 0.1) is 11.8 Å². The first-order valence-electron chi connectivity index (χ1n) is 9.00. The molecular weight excluding hydrogens is 288 g/mol. The Balaban J connectivity index is 2.97. The van der Waals surface area contributed by atoms with Crippen LogP contribution in [0.3, 0.4) is 0 Å². The predicted octanol–water partition coefficient (Wildman–Crippen LogP) is 3.98. The lowest BCUT2D eigenvalue weighted by Gasteiger charge is -2.28. The molecule has 1 aliphatic rings. The first-order valence-corrected chi connectivity index (χ1v) is 9.00. The predicted molar refractivity (Wildman–Crippen MR) is 96.2 cm³/mol.